The molecule has 1 aromatic rings. The van der Waals surface area contributed by atoms with E-state index in [1.54, 1.807) is 4.90 Å². The highest BCUT2D eigenvalue weighted by molar-refractivity contribution is 7.89. The number of aliphatic carboxylic acids is 1. The summed E-state index contributed by atoms with van der Waals surface area (Å²) in [6.07, 6.45) is 0. The van der Waals surface area contributed by atoms with Gasteiger partial charge in [0.25, 0.3) is 0 Å². The highest BCUT2D eigenvalue weighted by Crippen LogP contribution is 2.18. The Morgan fingerprint density at radius 2 is 2.00 bits per heavy atom. The van der Waals surface area contributed by atoms with Crippen LogP contribution in [-0.4, -0.2) is 32.6 Å². The van der Waals surface area contributed by atoms with E-state index in [0.29, 0.717) is 5.69 Å². The van der Waals surface area contributed by atoms with Gasteiger partial charge in [0.2, 0.25) is 10.0 Å². The molecule has 0 aliphatic heterocycles. The van der Waals surface area contributed by atoms with E-state index >= 15 is 0 Å². The Kier molecular flexibility index (Phi) is 5.07. The molecule has 3 N–H and O–H groups in total. The van der Waals surface area contributed by atoms with Crippen LogP contribution in [0.25, 0.3) is 0 Å². The number of carbonyl (C=O) groups is 1. The highest BCUT2D eigenvalue weighted by atomic mass is 32.2. The smallest absolute Gasteiger partial charge is 0.308 e. The van der Waals surface area contributed by atoms with Crippen LogP contribution in [0.3, 0.4) is 0 Å². The van der Waals surface area contributed by atoms with Crippen LogP contribution in [0.15, 0.2) is 29.2 Å². The molecule has 0 saturated carbocycles. The van der Waals surface area contributed by atoms with Gasteiger partial charge in [0.15, 0.2) is 0 Å². The average molecular weight is 297 g/mol. The first-order chi connectivity index (χ1) is 9.25. The van der Waals surface area contributed by atoms with Crippen LogP contribution in [0.5, 0.6) is 0 Å². The lowest BCUT2D eigenvalue weighted by Crippen LogP contribution is -2.32. The van der Waals surface area contributed by atoms with Crippen LogP contribution >= 0.6 is 0 Å². The number of benzene rings is 1. The maximum atomic E-state index is 11.1. The molecule has 0 radical (unpaired) electrons. The number of carboxylic acids is 1. The molecular formula is C12H15N3O4S. The largest absolute Gasteiger partial charge is 0.481 e. The molecule has 0 aromatic heterocycles. The molecule has 1 rings (SSSR count). The third-order valence-electron chi connectivity index (χ3n) is 2.71. The first-order valence-corrected chi connectivity index (χ1v) is 7.28. The van der Waals surface area contributed by atoms with Crippen LogP contribution < -0.4 is 10.0 Å². The van der Waals surface area contributed by atoms with Crippen molar-refractivity contribution in [2.75, 3.05) is 18.0 Å². The maximum absolute atomic E-state index is 11.1. The van der Waals surface area contributed by atoms with Gasteiger partial charge < -0.3 is 10.0 Å². The van der Waals surface area contributed by atoms with Gasteiger partial charge in [-0.1, -0.05) is 6.92 Å². The van der Waals surface area contributed by atoms with Gasteiger partial charge >= 0.3 is 5.97 Å². The van der Waals surface area contributed by atoms with Crippen molar-refractivity contribution in [2.45, 2.75) is 11.8 Å². The number of rotatable bonds is 6. The number of hydrogen-bond donors (Lipinski definition) is 2. The van der Waals surface area contributed by atoms with E-state index in [1.165, 1.54) is 31.2 Å². The van der Waals surface area contributed by atoms with Gasteiger partial charge in [-0.05, 0) is 24.3 Å². The number of carboxylic acid groups (broad SMARTS) is 1. The molecule has 0 spiro atoms. The normalized spacial score (nSPS) is 12.4. The van der Waals surface area contributed by atoms with Crippen LogP contribution in [0.2, 0.25) is 0 Å². The van der Waals surface area contributed by atoms with Crippen molar-refractivity contribution in [3.63, 3.8) is 0 Å². The van der Waals surface area contributed by atoms with Gasteiger partial charge in [0.1, 0.15) is 6.54 Å². The van der Waals surface area contributed by atoms with E-state index in [-0.39, 0.29) is 18.0 Å². The number of primary sulfonamides is 1. The summed E-state index contributed by atoms with van der Waals surface area (Å²) < 4.78 is 22.3. The van der Waals surface area contributed by atoms with Crippen LogP contribution in [0, 0.1) is 17.2 Å². The number of hydrogen-bond acceptors (Lipinski definition) is 5. The van der Waals surface area contributed by atoms with Gasteiger partial charge in [0, 0.05) is 12.2 Å². The summed E-state index contributed by atoms with van der Waals surface area (Å²) in [5, 5.41) is 22.7. The fourth-order valence-corrected chi connectivity index (χ4v) is 2.12. The minimum atomic E-state index is -3.77. The van der Waals surface area contributed by atoms with Crippen molar-refractivity contribution in [3.05, 3.63) is 24.3 Å². The van der Waals surface area contributed by atoms with Crippen molar-refractivity contribution in [2.24, 2.45) is 11.1 Å². The van der Waals surface area contributed by atoms with E-state index in [1.807, 2.05) is 6.07 Å². The van der Waals surface area contributed by atoms with E-state index < -0.39 is 21.9 Å². The second-order valence-corrected chi connectivity index (χ2v) is 5.88. The van der Waals surface area contributed by atoms with Crippen molar-refractivity contribution >= 4 is 21.7 Å². The molecule has 1 aromatic carbocycles. The van der Waals surface area contributed by atoms with Gasteiger partial charge in [-0.15, -0.1) is 0 Å². The molecule has 8 heteroatoms. The Bertz CT molecular complexity index is 619. The van der Waals surface area contributed by atoms with E-state index in [9.17, 15) is 13.2 Å². The molecule has 0 saturated heterocycles. The first kappa shape index (κ1) is 15.9. The van der Waals surface area contributed by atoms with E-state index in [2.05, 4.69) is 0 Å². The van der Waals surface area contributed by atoms with E-state index in [4.69, 9.17) is 15.5 Å². The predicted molar refractivity (Wildman–Crippen MR) is 72.4 cm³/mol. The second kappa shape index (κ2) is 6.36. The highest BCUT2D eigenvalue weighted by Gasteiger charge is 2.17. The summed E-state index contributed by atoms with van der Waals surface area (Å²) in [6.45, 7) is 1.69. The minimum Gasteiger partial charge on any atom is -0.481 e. The summed E-state index contributed by atoms with van der Waals surface area (Å²) in [5.74, 6) is -1.62. The molecule has 1 unspecified atom stereocenters. The molecule has 108 valence electrons. The third kappa shape index (κ3) is 4.22. The fraction of sp³-hybridized carbons (Fsp3) is 0.333. The molecular weight excluding hydrogens is 282 g/mol. The first-order valence-electron chi connectivity index (χ1n) is 5.73. The molecule has 0 bridgehead atoms. The Morgan fingerprint density at radius 3 is 2.40 bits per heavy atom. The summed E-state index contributed by atoms with van der Waals surface area (Å²) in [5.41, 5.74) is 0.562. The molecule has 0 heterocycles. The number of nitriles is 1. The number of nitrogens with zero attached hydrogens (tertiary/aromatic N) is 2. The average Bonchev–Trinajstić information content (AvgIpc) is 2.37. The van der Waals surface area contributed by atoms with Gasteiger partial charge in [0.05, 0.1) is 16.9 Å². The van der Waals surface area contributed by atoms with Crippen LogP contribution in [-0.2, 0) is 14.8 Å². The van der Waals surface area contributed by atoms with Gasteiger partial charge in [-0.3, -0.25) is 4.79 Å². The zero-order valence-corrected chi connectivity index (χ0v) is 11.7. The lowest BCUT2D eigenvalue weighted by Gasteiger charge is -2.23. The Labute approximate surface area is 117 Å². The Balaban J connectivity index is 2.99. The zero-order valence-electron chi connectivity index (χ0n) is 10.9. The quantitative estimate of drug-likeness (QED) is 0.731. The molecule has 0 aliphatic carbocycles. The zero-order chi connectivity index (χ0) is 15.3. The summed E-state index contributed by atoms with van der Waals surface area (Å²) in [7, 11) is -3.77. The minimum absolute atomic E-state index is 0.00629. The summed E-state index contributed by atoms with van der Waals surface area (Å²) in [4.78, 5) is 12.4. The summed E-state index contributed by atoms with van der Waals surface area (Å²) >= 11 is 0. The van der Waals surface area contributed by atoms with Crippen molar-refractivity contribution in [3.8, 4) is 6.07 Å². The Hall–Kier alpha value is -2.11. The van der Waals surface area contributed by atoms with E-state index in [0.717, 1.165) is 0 Å². The molecule has 0 fully saturated rings. The van der Waals surface area contributed by atoms with Gasteiger partial charge in [-0.25, -0.2) is 13.6 Å². The molecule has 1 atom stereocenters. The van der Waals surface area contributed by atoms with Gasteiger partial charge in [-0.2, -0.15) is 5.26 Å². The second-order valence-electron chi connectivity index (χ2n) is 4.32. The van der Waals surface area contributed by atoms with Crippen LogP contribution in [0.1, 0.15) is 6.92 Å². The number of nitrogens with two attached hydrogens (primary N) is 1. The maximum Gasteiger partial charge on any atom is 0.308 e. The topological polar surface area (TPSA) is 124 Å². The third-order valence-corrected chi connectivity index (χ3v) is 3.64. The fourth-order valence-electron chi connectivity index (χ4n) is 1.60. The monoisotopic (exact) mass is 297 g/mol. The Morgan fingerprint density at radius 1 is 1.45 bits per heavy atom. The predicted octanol–water partition coefficient (Wildman–Crippen LogP) is 0.385. The van der Waals surface area contributed by atoms with Crippen molar-refractivity contribution in [1.82, 2.24) is 0 Å². The molecule has 0 aliphatic rings. The van der Waals surface area contributed by atoms with Crippen LogP contribution in [0.4, 0.5) is 5.69 Å². The lowest BCUT2D eigenvalue weighted by atomic mass is 10.1. The standard InChI is InChI=1S/C12H15N3O4S/c1-9(12(16)17)8-15(7-6-13)10-2-4-11(5-3-10)20(14,18)19/h2-5,9H,7-8H2,1H3,(H,16,17)(H2,14,18,19). The van der Waals surface area contributed by atoms with Crippen molar-refractivity contribution in [1.29, 1.82) is 5.26 Å². The number of sulfonamides is 1. The van der Waals surface area contributed by atoms with Crippen molar-refractivity contribution < 1.29 is 18.3 Å². The number of anilines is 1. The lowest BCUT2D eigenvalue weighted by molar-refractivity contribution is -0.140. The molecule has 20 heavy (non-hydrogen) atoms. The SMILES string of the molecule is CC(CN(CC#N)c1ccc(S(N)(=O)=O)cc1)C(=O)O. The molecule has 7 nitrogen and oxygen atoms in total. The molecule has 0 amide bonds. The summed E-state index contributed by atoms with van der Waals surface area (Å²) in [6, 6.07) is 7.57.